The summed E-state index contributed by atoms with van der Waals surface area (Å²) in [5.41, 5.74) is 1.21. The van der Waals surface area contributed by atoms with Crippen molar-refractivity contribution in [3.8, 4) is 0 Å². The van der Waals surface area contributed by atoms with Crippen molar-refractivity contribution in [2.45, 2.75) is 24.7 Å². The smallest absolute Gasteiger partial charge is 0.368 e. The zero-order chi connectivity index (χ0) is 25.6. The molecule has 3 heterocycles. The van der Waals surface area contributed by atoms with Crippen LogP contribution >= 0.6 is 23.2 Å². The largest absolute Gasteiger partial charge is 0.410 e. The second-order valence-corrected chi connectivity index (χ2v) is 9.57. The Hall–Kier alpha value is -2.98. The molecule has 5 rings (SSSR count). The van der Waals surface area contributed by atoms with Gasteiger partial charge in [0.05, 0.1) is 6.04 Å². The number of carbonyl (C=O) groups is 1. The van der Waals surface area contributed by atoms with Crippen LogP contribution in [0.2, 0.25) is 10.0 Å². The van der Waals surface area contributed by atoms with E-state index in [0.717, 1.165) is 10.4 Å². The predicted octanol–water partition coefficient (Wildman–Crippen LogP) is 5.95. The van der Waals surface area contributed by atoms with Gasteiger partial charge in [0.25, 0.3) is 5.91 Å². The van der Waals surface area contributed by atoms with Crippen molar-refractivity contribution in [2.75, 3.05) is 36.4 Å². The second kappa shape index (κ2) is 9.48. The highest BCUT2D eigenvalue weighted by atomic mass is 35.5. The van der Waals surface area contributed by atoms with Crippen molar-refractivity contribution < 1.29 is 22.4 Å². The summed E-state index contributed by atoms with van der Waals surface area (Å²) in [6.45, 7) is 1.59. The topological polar surface area (TPSA) is 53.4 Å². The van der Waals surface area contributed by atoms with Crippen LogP contribution in [-0.2, 0) is 0 Å². The zero-order valence-corrected chi connectivity index (χ0v) is 20.3. The Morgan fingerprint density at radius 3 is 2.22 bits per heavy atom. The van der Waals surface area contributed by atoms with Gasteiger partial charge in [-0.2, -0.15) is 18.3 Å². The van der Waals surface area contributed by atoms with E-state index in [1.807, 2.05) is 4.90 Å². The molecule has 1 amide bonds. The molecule has 1 fully saturated rings. The second-order valence-electron chi connectivity index (χ2n) is 8.75. The Bertz CT molecular complexity index is 1260. The molecule has 2 atom stereocenters. The number of amides is 1. The number of rotatable bonds is 3. The first-order valence-corrected chi connectivity index (χ1v) is 12.0. The Morgan fingerprint density at radius 2 is 1.61 bits per heavy atom. The maximum atomic E-state index is 14.0. The Balaban J connectivity index is 1.38. The first-order valence-electron chi connectivity index (χ1n) is 11.3. The van der Waals surface area contributed by atoms with Crippen LogP contribution in [0.3, 0.4) is 0 Å². The zero-order valence-electron chi connectivity index (χ0n) is 18.8. The van der Waals surface area contributed by atoms with Gasteiger partial charge < -0.3 is 15.1 Å². The van der Waals surface area contributed by atoms with Crippen LogP contribution in [0.1, 0.15) is 34.6 Å². The van der Waals surface area contributed by atoms with Gasteiger partial charge in [-0.1, -0.05) is 35.3 Å². The monoisotopic (exact) mass is 541 g/mol. The van der Waals surface area contributed by atoms with Crippen molar-refractivity contribution in [1.82, 2.24) is 14.7 Å². The highest BCUT2D eigenvalue weighted by Gasteiger charge is 2.48. The number of carbonyl (C=O) groups excluding carboxylic acids is 1. The van der Waals surface area contributed by atoms with Crippen molar-refractivity contribution in [3.05, 3.63) is 75.7 Å². The van der Waals surface area contributed by atoms with Crippen LogP contribution in [0, 0.1) is 5.82 Å². The molecule has 0 bridgehead atoms. The maximum Gasteiger partial charge on any atom is 0.410 e. The molecule has 2 aliphatic heterocycles. The minimum absolute atomic E-state index is 0.0431. The number of anilines is 2. The number of halogens is 6. The fraction of sp³-hybridized carbons (Fsp3) is 0.333. The van der Waals surface area contributed by atoms with Gasteiger partial charge in [0.2, 0.25) is 0 Å². The molecule has 0 aliphatic carbocycles. The molecule has 2 aromatic carbocycles. The van der Waals surface area contributed by atoms with Crippen molar-refractivity contribution in [2.24, 2.45) is 0 Å². The summed E-state index contributed by atoms with van der Waals surface area (Å²) in [5.74, 6) is -0.917. The molecule has 1 aromatic heterocycles. The minimum atomic E-state index is -4.60. The van der Waals surface area contributed by atoms with Crippen LogP contribution in [0.4, 0.5) is 29.1 Å². The lowest BCUT2D eigenvalue weighted by molar-refractivity contribution is -0.173. The molecule has 36 heavy (non-hydrogen) atoms. The number of fused-ring (bicyclic) bond motifs is 1. The molecule has 12 heteroatoms. The molecule has 0 radical (unpaired) electrons. The van der Waals surface area contributed by atoms with E-state index < -0.39 is 24.2 Å². The fourth-order valence-electron chi connectivity index (χ4n) is 4.61. The van der Waals surface area contributed by atoms with Crippen LogP contribution in [0.25, 0.3) is 0 Å². The molecular formula is C24H21Cl2F4N5O. The molecule has 190 valence electrons. The van der Waals surface area contributed by atoms with E-state index in [-0.39, 0.29) is 28.8 Å². The van der Waals surface area contributed by atoms with E-state index in [4.69, 9.17) is 23.2 Å². The first-order chi connectivity index (χ1) is 17.1. The number of alkyl halides is 3. The molecule has 0 unspecified atom stereocenters. The third-order valence-corrected chi connectivity index (χ3v) is 7.14. The normalized spacial score (nSPS) is 20.2. The third kappa shape index (κ3) is 4.71. The summed E-state index contributed by atoms with van der Waals surface area (Å²) >= 11 is 12.4. The fourth-order valence-corrected chi connectivity index (χ4v) is 5.00. The lowest BCUT2D eigenvalue weighted by Gasteiger charge is -2.35. The van der Waals surface area contributed by atoms with E-state index in [1.165, 1.54) is 17.0 Å². The quantitative estimate of drug-likeness (QED) is 0.416. The van der Waals surface area contributed by atoms with Crippen molar-refractivity contribution in [3.63, 3.8) is 0 Å². The Labute approximate surface area is 214 Å². The molecule has 0 spiro atoms. The summed E-state index contributed by atoms with van der Waals surface area (Å²) in [4.78, 5) is 16.8. The lowest BCUT2D eigenvalue weighted by atomic mass is 9.97. The SMILES string of the molecule is O=C(c1nn2c(c1Cl)N[C@H](c1ccc(Cl)cc1)C[C@@H]2C(F)(F)F)N1CCN(c2ccc(F)cc2)CC1. The van der Waals surface area contributed by atoms with Gasteiger partial charge in [-0.3, -0.25) is 4.79 Å². The number of aromatic nitrogens is 2. The number of hydrogen-bond donors (Lipinski definition) is 1. The van der Waals surface area contributed by atoms with E-state index >= 15 is 0 Å². The number of nitrogens with one attached hydrogen (secondary N) is 1. The number of hydrogen-bond acceptors (Lipinski definition) is 4. The summed E-state index contributed by atoms with van der Waals surface area (Å²) in [5, 5.41) is 7.39. The first kappa shape index (κ1) is 24.7. The molecule has 3 aromatic rings. The van der Waals surface area contributed by atoms with Crippen LogP contribution in [0.5, 0.6) is 0 Å². The summed E-state index contributed by atoms with van der Waals surface area (Å²) in [6, 6.07) is 9.92. The van der Waals surface area contributed by atoms with E-state index in [0.29, 0.717) is 36.8 Å². The third-order valence-electron chi connectivity index (χ3n) is 6.53. The van der Waals surface area contributed by atoms with Gasteiger partial charge >= 0.3 is 6.18 Å². The van der Waals surface area contributed by atoms with E-state index in [1.54, 1.807) is 36.4 Å². The van der Waals surface area contributed by atoms with E-state index in [9.17, 15) is 22.4 Å². The Morgan fingerprint density at radius 1 is 0.972 bits per heavy atom. The van der Waals surface area contributed by atoms with Crippen LogP contribution < -0.4 is 10.2 Å². The summed E-state index contributed by atoms with van der Waals surface area (Å²) < 4.78 is 56.0. The van der Waals surface area contributed by atoms with Gasteiger partial charge in [0.1, 0.15) is 16.7 Å². The van der Waals surface area contributed by atoms with Gasteiger partial charge in [-0.25, -0.2) is 9.07 Å². The predicted molar refractivity (Wildman–Crippen MR) is 129 cm³/mol. The number of benzene rings is 2. The average Bonchev–Trinajstić information content (AvgIpc) is 3.19. The van der Waals surface area contributed by atoms with Gasteiger partial charge in [-0.05, 0) is 42.0 Å². The molecule has 1 saturated heterocycles. The lowest BCUT2D eigenvalue weighted by Crippen LogP contribution is -2.49. The molecule has 0 saturated carbocycles. The highest BCUT2D eigenvalue weighted by Crippen LogP contribution is 2.46. The minimum Gasteiger partial charge on any atom is -0.368 e. The van der Waals surface area contributed by atoms with Crippen molar-refractivity contribution >= 4 is 40.6 Å². The van der Waals surface area contributed by atoms with Crippen LogP contribution in [0.15, 0.2) is 48.5 Å². The van der Waals surface area contributed by atoms with Gasteiger partial charge in [0, 0.05) is 43.3 Å². The number of piperazine rings is 1. The maximum absolute atomic E-state index is 14.0. The average molecular weight is 542 g/mol. The summed E-state index contributed by atoms with van der Waals surface area (Å²) in [7, 11) is 0. The molecule has 6 nitrogen and oxygen atoms in total. The van der Waals surface area contributed by atoms with Crippen LogP contribution in [-0.4, -0.2) is 52.9 Å². The van der Waals surface area contributed by atoms with Crippen molar-refractivity contribution in [1.29, 1.82) is 0 Å². The highest BCUT2D eigenvalue weighted by molar-refractivity contribution is 6.36. The number of nitrogens with zero attached hydrogens (tertiary/aromatic N) is 4. The molecule has 2 aliphatic rings. The summed E-state index contributed by atoms with van der Waals surface area (Å²) in [6.07, 6.45) is -4.92. The molecular weight excluding hydrogens is 521 g/mol. The van der Waals surface area contributed by atoms with E-state index in [2.05, 4.69) is 10.4 Å². The molecule has 1 N–H and O–H groups in total. The standard InChI is InChI=1S/C24H21Cl2F4N5O/c25-15-3-1-14(2-4-15)18-13-19(24(28,29)30)35-22(31-18)20(26)21(32-35)23(36)34-11-9-33(10-12-34)17-7-5-16(27)6-8-17/h1-8,18-19,31H,9-13H2/t18-,19+/m0/s1. The van der Waals surface area contributed by atoms with Gasteiger partial charge in [-0.15, -0.1) is 0 Å². The van der Waals surface area contributed by atoms with Gasteiger partial charge in [0.15, 0.2) is 11.7 Å². The Kier molecular flexibility index (Phi) is 6.50.